The fourth-order valence-electron chi connectivity index (χ4n) is 3.12. The highest BCUT2D eigenvalue weighted by molar-refractivity contribution is 7.99. The molecule has 4 heteroatoms. The monoisotopic (exact) mass is 343 g/mol. The zero-order valence-electron chi connectivity index (χ0n) is 13.6. The van der Waals surface area contributed by atoms with Crippen LogP contribution in [0, 0.1) is 5.82 Å². The number of nitrogens with one attached hydrogen (secondary N) is 1. The Bertz CT molecular complexity index is 668. The van der Waals surface area contributed by atoms with Crippen LogP contribution in [-0.4, -0.2) is 18.2 Å². The van der Waals surface area contributed by atoms with Crippen molar-refractivity contribution in [2.75, 3.05) is 12.3 Å². The van der Waals surface area contributed by atoms with Crippen LogP contribution >= 0.6 is 11.8 Å². The lowest BCUT2D eigenvalue weighted by Crippen LogP contribution is -2.46. The van der Waals surface area contributed by atoms with Gasteiger partial charge in [-0.1, -0.05) is 48.9 Å². The topological polar surface area (TPSA) is 29.1 Å². The third-order valence-corrected chi connectivity index (χ3v) is 5.74. The van der Waals surface area contributed by atoms with Gasteiger partial charge in [0.2, 0.25) is 5.91 Å². The lowest BCUT2D eigenvalue weighted by atomic mass is 9.64. The molecule has 0 radical (unpaired) electrons. The van der Waals surface area contributed by atoms with E-state index in [0.717, 1.165) is 24.2 Å². The minimum absolute atomic E-state index is 0.0734. The first-order chi connectivity index (χ1) is 11.7. The fourth-order valence-corrected chi connectivity index (χ4v) is 3.94. The van der Waals surface area contributed by atoms with Gasteiger partial charge >= 0.3 is 0 Å². The fraction of sp³-hybridized carbons (Fsp3) is 0.350. The minimum Gasteiger partial charge on any atom is -0.354 e. The van der Waals surface area contributed by atoms with Crippen LogP contribution < -0.4 is 5.32 Å². The van der Waals surface area contributed by atoms with Gasteiger partial charge in [0, 0.05) is 17.7 Å². The Labute approximate surface area is 146 Å². The summed E-state index contributed by atoms with van der Waals surface area (Å²) in [5.41, 5.74) is 2.49. The van der Waals surface area contributed by atoms with Gasteiger partial charge in [-0.05, 0) is 36.1 Å². The number of benzene rings is 2. The van der Waals surface area contributed by atoms with Crippen molar-refractivity contribution in [2.24, 2.45) is 0 Å². The molecule has 126 valence electrons. The van der Waals surface area contributed by atoms with E-state index < -0.39 is 0 Å². The molecule has 3 rings (SSSR count). The average Bonchev–Trinajstić information content (AvgIpc) is 2.57. The van der Waals surface area contributed by atoms with E-state index in [9.17, 15) is 9.18 Å². The minimum atomic E-state index is -0.229. The maximum absolute atomic E-state index is 12.9. The Hall–Kier alpha value is -1.81. The first-order valence-corrected chi connectivity index (χ1v) is 9.48. The SMILES string of the molecule is O=C(CSCc1ccc(F)cc1)NCC1(c2ccccc2)CCC1. The van der Waals surface area contributed by atoms with Gasteiger partial charge in [-0.2, -0.15) is 0 Å². The molecule has 24 heavy (non-hydrogen) atoms. The predicted molar refractivity (Wildman–Crippen MR) is 97.5 cm³/mol. The van der Waals surface area contributed by atoms with E-state index in [0.29, 0.717) is 12.3 Å². The third kappa shape index (κ3) is 4.18. The molecule has 0 saturated heterocycles. The van der Waals surface area contributed by atoms with E-state index in [1.54, 1.807) is 23.9 Å². The maximum Gasteiger partial charge on any atom is 0.230 e. The maximum atomic E-state index is 12.9. The molecule has 1 N–H and O–H groups in total. The summed E-state index contributed by atoms with van der Waals surface area (Å²) in [7, 11) is 0. The third-order valence-electron chi connectivity index (χ3n) is 4.74. The second-order valence-corrected chi connectivity index (χ2v) is 7.38. The molecule has 2 aromatic rings. The van der Waals surface area contributed by atoms with E-state index in [-0.39, 0.29) is 17.1 Å². The number of rotatable bonds is 7. The van der Waals surface area contributed by atoms with Gasteiger partial charge in [0.25, 0.3) is 0 Å². The molecule has 1 fully saturated rings. The van der Waals surface area contributed by atoms with Crippen LogP contribution in [0.2, 0.25) is 0 Å². The number of thioether (sulfide) groups is 1. The molecule has 1 amide bonds. The van der Waals surface area contributed by atoms with Gasteiger partial charge in [-0.15, -0.1) is 11.8 Å². The van der Waals surface area contributed by atoms with E-state index in [4.69, 9.17) is 0 Å². The van der Waals surface area contributed by atoms with Crippen molar-refractivity contribution in [3.63, 3.8) is 0 Å². The highest BCUT2D eigenvalue weighted by Gasteiger charge is 2.38. The number of amides is 1. The van der Waals surface area contributed by atoms with E-state index >= 15 is 0 Å². The summed E-state index contributed by atoms with van der Waals surface area (Å²) in [6.45, 7) is 0.715. The molecule has 0 aliphatic heterocycles. The molecule has 1 aliphatic carbocycles. The van der Waals surface area contributed by atoms with E-state index in [2.05, 4.69) is 29.6 Å². The first-order valence-electron chi connectivity index (χ1n) is 8.32. The summed E-state index contributed by atoms with van der Waals surface area (Å²) in [5, 5.41) is 3.10. The Morgan fingerprint density at radius 1 is 1.08 bits per heavy atom. The van der Waals surface area contributed by atoms with Crippen molar-refractivity contribution in [1.29, 1.82) is 0 Å². The van der Waals surface area contributed by atoms with Crippen LogP contribution in [0.4, 0.5) is 4.39 Å². The molecule has 1 saturated carbocycles. The smallest absolute Gasteiger partial charge is 0.230 e. The lowest BCUT2D eigenvalue weighted by molar-refractivity contribution is -0.119. The standard InChI is InChI=1S/C20H22FNOS/c21-18-9-7-16(8-10-18)13-24-14-19(23)22-15-20(11-4-12-20)17-5-2-1-3-6-17/h1-3,5-10H,4,11-15H2,(H,22,23). The Morgan fingerprint density at radius 3 is 2.42 bits per heavy atom. The van der Waals surface area contributed by atoms with Gasteiger partial charge in [0.1, 0.15) is 5.82 Å². The number of hydrogen-bond acceptors (Lipinski definition) is 2. The van der Waals surface area contributed by atoms with Gasteiger partial charge in [-0.3, -0.25) is 4.79 Å². The molecular formula is C20H22FNOS. The molecule has 0 aromatic heterocycles. The molecule has 0 bridgehead atoms. The highest BCUT2D eigenvalue weighted by Crippen LogP contribution is 2.43. The normalized spacial score (nSPS) is 15.5. The number of carbonyl (C=O) groups is 1. The van der Waals surface area contributed by atoms with E-state index in [1.165, 1.54) is 24.1 Å². The van der Waals surface area contributed by atoms with Crippen LogP contribution in [-0.2, 0) is 16.0 Å². The second kappa shape index (κ2) is 7.84. The second-order valence-electron chi connectivity index (χ2n) is 6.40. The van der Waals surface area contributed by atoms with Crippen molar-refractivity contribution in [3.05, 3.63) is 71.5 Å². The molecule has 2 nitrogen and oxygen atoms in total. The summed E-state index contributed by atoms with van der Waals surface area (Å²) in [6, 6.07) is 16.9. The molecule has 0 unspecified atom stereocenters. The van der Waals surface area contributed by atoms with Crippen LogP contribution in [0.3, 0.4) is 0 Å². The van der Waals surface area contributed by atoms with Gasteiger partial charge in [0.05, 0.1) is 5.75 Å². The molecule has 0 heterocycles. The average molecular weight is 343 g/mol. The molecule has 2 aromatic carbocycles. The van der Waals surface area contributed by atoms with Gasteiger partial charge < -0.3 is 5.32 Å². The number of carbonyl (C=O) groups excluding carboxylic acids is 1. The van der Waals surface area contributed by atoms with Crippen LogP contribution in [0.5, 0.6) is 0 Å². The molecule has 1 aliphatic rings. The summed E-state index contributed by atoms with van der Waals surface area (Å²) in [4.78, 5) is 12.1. The Balaban J connectivity index is 1.44. The van der Waals surface area contributed by atoms with Gasteiger partial charge in [-0.25, -0.2) is 4.39 Å². The summed E-state index contributed by atoms with van der Waals surface area (Å²) >= 11 is 1.56. The first kappa shape index (κ1) is 17.0. The van der Waals surface area contributed by atoms with Crippen LogP contribution in [0.1, 0.15) is 30.4 Å². The zero-order chi connectivity index (χ0) is 16.8. The van der Waals surface area contributed by atoms with Crippen molar-refractivity contribution >= 4 is 17.7 Å². The number of halogens is 1. The van der Waals surface area contributed by atoms with E-state index in [1.807, 2.05) is 6.07 Å². The number of hydrogen-bond donors (Lipinski definition) is 1. The summed E-state index contributed by atoms with van der Waals surface area (Å²) < 4.78 is 12.9. The zero-order valence-corrected chi connectivity index (χ0v) is 14.4. The lowest BCUT2D eigenvalue weighted by Gasteiger charge is -2.42. The summed E-state index contributed by atoms with van der Waals surface area (Å²) in [5.74, 6) is 0.997. The van der Waals surface area contributed by atoms with Crippen molar-refractivity contribution in [1.82, 2.24) is 5.32 Å². The van der Waals surface area contributed by atoms with Crippen LogP contribution in [0.15, 0.2) is 54.6 Å². The molecule has 0 spiro atoms. The van der Waals surface area contributed by atoms with Crippen LogP contribution in [0.25, 0.3) is 0 Å². The van der Waals surface area contributed by atoms with Crippen molar-refractivity contribution in [3.8, 4) is 0 Å². The largest absolute Gasteiger partial charge is 0.354 e. The molecular weight excluding hydrogens is 321 g/mol. The Kier molecular flexibility index (Phi) is 5.56. The Morgan fingerprint density at radius 2 is 1.79 bits per heavy atom. The summed E-state index contributed by atoms with van der Waals surface area (Å²) in [6.07, 6.45) is 3.50. The van der Waals surface area contributed by atoms with Gasteiger partial charge in [0.15, 0.2) is 0 Å². The highest BCUT2D eigenvalue weighted by atomic mass is 32.2. The van der Waals surface area contributed by atoms with Crippen molar-refractivity contribution in [2.45, 2.75) is 30.4 Å². The predicted octanol–water partition coefficient (Wildman–Crippen LogP) is 4.30. The van der Waals surface area contributed by atoms with Crippen molar-refractivity contribution < 1.29 is 9.18 Å². The molecule has 0 atom stereocenters. The quantitative estimate of drug-likeness (QED) is 0.812.